The van der Waals surface area contributed by atoms with E-state index in [0.29, 0.717) is 16.3 Å². The Morgan fingerprint density at radius 1 is 1.19 bits per heavy atom. The van der Waals surface area contributed by atoms with Gasteiger partial charge in [0.2, 0.25) is 10.6 Å². The number of hydrogen-bond acceptors (Lipinski definition) is 4. The first-order valence-corrected chi connectivity index (χ1v) is 6.53. The van der Waals surface area contributed by atoms with Crippen molar-refractivity contribution >= 4 is 18.4 Å². The lowest BCUT2D eigenvalue weighted by Gasteiger charge is -1.99. The van der Waals surface area contributed by atoms with Gasteiger partial charge in [-0.15, -0.1) is 0 Å². The number of hydrogen-bond donors (Lipinski definition) is 1. The van der Waals surface area contributed by atoms with E-state index in [1.165, 1.54) is 16.8 Å². The van der Waals surface area contributed by atoms with E-state index < -0.39 is 0 Å². The second kappa shape index (κ2) is 5.76. The topological polar surface area (TPSA) is 58.9 Å². The third-order valence-electron chi connectivity index (χ3n) is 2.74. The van der Waals surface area contributed by atoms with E-state index in [-0.39, 0.29) is 5.82 Å². The van der Waals surface area contributed by atoms with Crippen LogP contribution in [0, 0.1) is 10.6 Å². The molecule has 0 bridgehead atoms. The fourth-order valence-corrected chi connectivity index (χ4v) is 1.91. The van der Waals surface area contributed by atoms with Crippen LogP contribution in [-0.2, 0) is 0 Å². The molecule has 104 valence electrons. The number of nitrogens with one attached hydrogen (secondary N) is 1. The maximum absolute atomic E-state index is 12.9. The Bertz CT molecular complexity index is 821. The van der Waals surface area contributed by atoms with Gasteiger partial charge in [0, 0.05) is 6.20 Å². The number of pyridine rings is 1. The lowest BCUT2D eigenvalue weighted by Crippen LogP contribution is -1.96. The summed E-state index contributed by atoms with van der Waals surface area (Å²) in [6.07, 6.45) is 3.25. The SMILES string of the molecule is Fc1ccc(/C=N\n2c(-c3ccccn3)n[nH]c2=S)cc1. The molecule has 3 aromatic rings. The molecule has 0 spiro atoms. The minimum Gasteiger partial charge on any atom is -0.253 e. The molecule has 2 heterocycles. The largest absolute Gasteiger partial charge is 0.253 e. The van der Waals surface area contributed by atoms with Crippen molar-refractivity contribution in [3.8, 4) is 11.5 Å². The quantitative estimate of drug-likeness (QED) is 0.597. The minimum atomic E-state index is -0.291. The fraction of sp³-hybridized carbons (Fsp3) is 0. The van der Waals surface area contributed by atoms with E-state index >= 15 is 0 Å². The second-order valence-corrected chi connectivity index (χ2v) is 4.56. The van der Waals surface area contributed by atoms with Gasteiger partial charge in [-0.3, -0.25) is 4.98 Å². The molecule has 0 radical (unpaired) electrons. The van der Waals surface area contributed by atoms with Crippen LogP contribution >= 0.6 is 12.2 Å². The maximum Gasteiger partial charge on any atom is 0.216 e. The van der Waals surface area contributed by atoms with Gasteiger partial charge >= 0.3 is 0 Å². The monoisotopic (exact) mass is 299 g/mol. The van der Waals surface area contributed by atoms with Gasteiger partial charge in [0.1, 0.15) is 11.5 Å². The zero-order valence-electron chi connectivity index (χ0n) is 10.8. The van der Waals surface area contributed by atoms with Gasteiger partial charge in [0.25, 0.3) is 0 Å². The molecule has 0 saturated carbocycles. The number of halogens is 1. The molecule has 0 aliphatic rings. The molecule has 0 unspecified atom stereocenters. The number of H-pyrrole nitrogens is 1. The highest BCUT2D eigenvalue weighted by Gasteiger charge is 2.08. The van der Waals surface area contributed by atoms with Crippen molar-refractivity contribution in [2.45, 2.75) is 0 Å². The fourth-order valence-electron chi connectivity index (χ4n) is 1.73. The molecular formula is C14H10FN5S. The average molecular weight is 299 g/mol. The highest BCUT2D eigenvalue weighted by atomic mass is 32.1. The molecule has 5 nitrogen and oxygen atoms in total. The van der Waals surface area contributed by atoms with Crippen molar-refractivity contribution in [1.82, 2.24) is 19.9 Å². The van der Waals surface area contributed by atoms with Crippen molar-refractivity contribution in [3.05, 3.63) is 64.8 Å². The molecule has 0 aliphatic heterocycles. The third kappa shape index (κ3) is 2.92. The van der Waals surface area contributed by atoms with E-state index in [2.05, 4.69) is 20.3 Å². The van der Waals surface area contributed by atoms with Crippen LogP contribution in [0.3, 0.4) is 0 Å². The van der Waals surface area contributed by atoms with Gasteiger partial charge in [0.15, 0.2) is 0 Å². The summed E-state index contributed by atoms with van der Waals surface area (Å²) in [6.45, 7) is 0. The van der Waals surface area contributed by atoms with Crippen LogP contribution in [-0.4, -0.2) is 26.1 Å². The molecule has 0 atom stereocenters. The highest BCUT2D eigenvalue weighted by molar-refractivity contribution is 7.71. The minimum absolute atomic E-state index is 0.291. The van der Waals surface area contributed by atoms with Crippen LogP contribution in [0.1, 0.15) is 5.56 Å². The summed E-state index contributed by atoms with van der Waals surface area (Å²) in [5, 5.41) is 11.1. The predicted molar refractivity (Wildman–Crippen MR) is 80.0 cm³/mol. The van der Waals surface area contributed by atoms with Crippen molar-refractivity contribution < 1.29 is 4.39 Å². The summed E-state index contributed by atoms with van der Waals surface area (Å²) in [5.41, 5.74) is 1.41. The standard InChI is InChI=1S/C14H10FN5S/c15-11-6-4-10(5-7-11)9-17-20-13(18-19-14(20)21)12-3-1-2-8-16-12/h1-9H,(H,19,21)/b17-9-. The number of aromatic nitrogens is 4. The Kier molecular flexibility index (Phi) is 3.65. The lowest BCUT2D eigenvalue weighted by molar-refractivity contribution is 0.628. The summed E-state index contributed by atoms with van der Waals surface area (Å²) < 4.78 is 14.7. The maximum atomic E-state index is 12.9. The number of nitrogens with zero attached hydrogens (tertiary/aromatic N) is 4. The van der Waals surface area contributed by atoms with Crippen molar-refractivity contribution in [2.75, 3.05) is 0 Å². The molecule has 21 heavy (non-hydrogen) atoms. The first-order chi connectivity index (χ1) is 10.2. The molecule has 2 aromatic heterocycles. The van der Waals surface area contributed by atoms with Crippen molar-refractivity contribution in [3.63, 3.8) is 0 Å². The van der Waals surface area contributed by atoms with Crippen LogP contribution in [0.5, 0.6) is 0 Å². The van der Waals surface area contributed by atoms with Crippen LogP contribution < -0.4 is 0 Å². The first-order valence-electron chi connectivity index (χ1n) is 6.13. The van der Waals surface area contributed by atoms with Gasteiger partial charge in [-0.25, -0.2) is 9.49 Å². The van der Waals surface area contributed by atoms with Crippen LogP contribution in [0.25, 0.3) is 11.5 Å². The first kappa shape index (κ1) is 13.3. The lowest BCUT2D eigenvalue weighted by atomic mass is 10.2. The van der Waals surface area contributed by atoms with E-state index in [1.807, 2.05) is 18.2 Å². The van der Waals surface area contributed by atoms with E-state index in [4.69, 9.17) is 12.2 Å². The van der Waals surface area contributed by atoms with Gasteiger partial charge in [0.05, 0.1) is 6.21 Å². The molecule has 1 N–H and O–H groups in total. The molecule has 3 rings (SSSR count). The summed E-state index contributed by atoms with van der Waals surface area (Å²) >= 11 is 5.15. The third-order valence-corrected chi connectivity index (χ3v) is 3.00. The van der Waals surface area contributed by atoms with Gasteiger partial charge in [-0.05, 0) is 42.0 Å². The van der Waals surface area contributed by atoms with Gasteiger partial charge in [-0.1, -0.05) is 18.2 Å². The van der Waals surface area contributed by atoms with Crippen molar-refractivity contribution in [2.24, 2.45) is 5.10 Å². The Hall–Kier alpha value is -2.67. The van der Waals surface area contributed by atoms with E-state index in [1.54, 1.807) is 24.5 Å². The van der Waals surface area contributed by atoms with Gasteiger partial charge < -0.3 is 0 Å². The predicted octanol–water partition coefficient (Wildman–Crippen LogP) is 3.02. The molecule has 0 aliphatic carbocycles. The molecule has 0 saturated heterocycles. The Labute approximate surface area is 124 Å². The van der Waals surface area contributed by atoms with Crippen LogP contribution in [0.15, 0.2) is 53.8 Å². The Morgan fingerprint density at radius 2 is 2.00 bits per heavy atom. The summed E-state index contributed by atoms with van der Waals surface area (Å²) in [4.78, 5) is 4.22. The summed E-state index contributed by atoms with van der Waals surface area (Å²) in [5.74, 6) is 0.222. The number of benzene rings is 1. The van der Waals surface area contributed by atoms with E-state index in [9.17, 15) is 4.39 Å². The number of aromatic amines is 1. The summed E-state index contributed by atoms with van der Waals surface area (Å²) in [6, 6.07) is 11.5. The Morgan fingerprint density at radius 3 is 2.71 bits per heavy atom. The molecule has 1 aromatic carbocycles. The van der Waals surface area contributed by atoms with Crippen molar-refractivity contribution in [1.29, 1.82) is 0 Å². The molecule has 7 heteroatoms. The zero-order valence-corrected chi connectivity index (χ0v) is 11.6. The normalized spacial score (nSPS) is 11.1. The molecule has 0 amide bonds. The molecular weight excluding hydrogens is 289 g/mol. The average Bonchev–Trinajstić information content (AvgIpc) is 2.89. The highest BCUT2D eigenvalue weighted by Crippen LogP contribution is 2.13. The zero-order chi connectivity index (χ0) is 14.7. The van der Waals surface area contributed by atoms with E-state index in [0.717, 1.165) is 5.56 Å². The molecule has 0 fully saturated rings. The number of rotatable bonds is 3. The Balaban J connectivity index is 1.98. The van der Waals surface area contributed by atoms with Gasteiger partial charge in [-0.2, -0.15) is 14.9 Å². The van der Waals surface area contributed by atoms with Crippen LogP contribution in [0.2, 0.25) is 0 Å². The second-order valence-electron chi connectivity index (χ2n) is 4.18. The van der Waals surface area contributed by atoms with Crippen LogP contribution in [0.4, 0.5) is 4.39 Å². The summed E-state index contributed by atoms with van der Waals surface area (Å²) in [7, 11) is 0. The smallest absolute Gasteiger partial charge is 0.216 e.